The molecule has 0 N–H and O–H groups in total. The molecule has 0 spiro atoms. The summed E-state index contributed by atoms with van der Waals surface area (Å²) in [5, 5.41) is 2.33. The predicted molar refractivity (Wildman–Crippen MR) is 82.7 cm³/mol. The number of rotatable bonds is 3. The largest absolute Gasteiger partial charge is 0.497 e. The quantitative estimate of drug-likeness (QED) is 0.814. The molecule has 0 fully saturated rings. The summed E-state index contributed by atoms with van der Waals surface area (Å²) in [6.07, 6.45) is 5.90. The molecule has 0 radical (unpaired) electrons. The van der Waals surface area contributed by atoms with Gasteiger partial charge in [-0.25, -0.2) is 0 Å². The monoisotopic (exact) mass is 247 g/mol. The molecule has 1 aromatic carbocycles. The minimum atomic E-state index is 0.873. The Hall–Kier alpha value is -1.70. The van der Waals surface area contributed by atoms with Crippen LogP contribution in [0.4, 0.5) is 5.69 Å². The summed E-state index contributed by atoms with van der Waals surface area (Å²) in [6, 6.07) is 4.06. The van der Waals surface area contributed by atoms with Gasteiger partial charge < -0.3 is 9.64 Å². The van der Waals surface area contributed by atoms with Gasteiger partial charge in [0.15, 0.2) is 0 Å². The molecular weight excluding hydrogens is 222 g/mol. The Balaban J connectivity index is 0.00000137. The van der Waals surface area contributed by atoms with Crippen molar-refractivity contribution >= 4 is 17.8 Å². The van der Waals surface area contributed by atoms with Gasteiger partial charge in [-0.05, 0) is 18.2 Å². The zero-order chi connectivity index (χ0) is 14.1. The molecule has 0 saturated carbocycles. The molecule has 0 bridgehead atoms. The highest BCUT2D eigenvalue weighted by atomic mass is 16.5. The predicted octanol–water partition coefficient (Wildman–Crippen LogP) is 2.55. The summed E-state index contributed by atoms with van der Waals surface area (Å²) in [5.74, 6) is 0.873. The van der Waals surface area contributed by atoms with E-state index in [1.54, 1.807) is 7.11 Å². The van der Waals surface area contributed by atoms with Crippen LogP contribution >= 0.6 is 0 Å². The van der Waals surface area contributed by atoms with Gasteiger partial charge in [0.1, 0.15) is 5.75 Å². The molecule has 0 aliphatic heterocycles. The molecule has 0 heterocycles. The average molecular weight is 247 g/mol. The van der Waals surface area contributed by atoms with Crippen LogP contribution in [0.1, 0.15) is 20.8 Å². The average Bonchev–Trinajstić information content (AvgIpc) is 2.41. The van der Waals surface area contributed by atoms with Gasteiger partial charge in [-0.2, -0.15) is 0 Å². The summed E-state index contributed by atoms with van der Waals surface area (Å²) >= 11 is 0. The number of hydrogen-bond acceptors (Lipinski definition) is 2. The van der Waals surface area contributed by atoms with Crippen molar-refractivity contribution in [2.24, 2.45) is 0 Å². The molecule has 0 aliphatic carbocycles. The fourth-order valence-electron chi connectivity index (χ4n) is 1.66. The van der Waals surface area contributed by atoms with Crippen molar-refractivity contribution in [2.75, 3.05) is 26.1 Å². The molecule has 0 aliphatic rings. The first-order valence-electron chi connectivity index (χ1n) is 6.28. The van der Waals surface area contributed by atoms with Gasteiger partial charge in [-0.3, -0.25) is 0 Å². The number of methoxy groups -OCH3 is 1. The zero-order valence-corrected chi connectivity index (χ0v) is 12.4. The Morgan fingerprint density at radius 3 is 2.22 bits per heavy atom. The normalized spacial score (nSPS) is 11.7. The maximum absolute atomic E-state index is 5.29. The summed E-state index contributed by atoms with van der Waals surface area (Å²) in [5.41, 5.74) is 1.13. The number of nitrogens with zero attached hydrogens (tertiary/aromatic N) is 1. The van der Waals surface area contributed by atoms with Crippen LogP contribution < -0.4 is 20.1 Å². The van der Waals surface area contributed by atoms with Crippen molar-refractivity contribution in [3.8, 4) is 5.75 Å². The fraction of sp³-hybridized carbons (Fsp3) is 0.375. The van der Waals surface area contributed by atoms with E-state index in [2.05, 4.69) is 17.6 Å². The zero-order valence-electron chi connectivity index (χ0n) is 12.4. The van der Waals surface area contributed by atoms with Crippen LogP contribution in [0.25, 0.3) is 12.2 Å². The standard InChI is InChI=1S/C14H19NO.C2H6/c1-6-8-13-11(7-2)9-12(16-5)10-14(13)15(3)4;1-2/h6-10H,1H2,2-5H3;1-2H3/b11-7-,13-8+;. The van der Waals surface area contributed by atoms with E-state index >= 15 is 0 Å². The van der Waals surface area contributed by atoms with E-state index < -0.39 is 0 Å². The highest BCUT2D eigenvalue weighted by Crippen LogP contribution is 2.12. The van der Waals surface area contributed by atoms with E-state index in [1.807, 2.05) is 59.2 Å². The first kappa shape index (κ1) is 16.3. The molecule has 0 aromatic heterocycles. The van der Waals surface area contributed by atoms with E-state index in [0.29, 0.717) is 0 Å². The SMILES string of the molecule is C=C/C=c1/c(N(C)C)cc(OC)c/c1=C/C.CC. The fourth-order valence-corrected chi connectivity index (χ4v) is 1.66. The van der Waals surface area contributed by atoms with Gasteiger partial charge >= 0.3 is 0 Å². The Morgan fingerprint density at radius 1 is 1.22 bits per heavy atom. The Morgan fingerprint density at radius 2 is 1.83 bits per heavy atom. The molecular formula is C16H25NO. The lowest BCUT2D eigenvalue weighted by molar-refractivity contribution is 0.414. The molecule has 2 nitrogen and oxygen atoms in total. The second kappa shape index (κ2) is 8.40. The third-order valence-electron chi connectivity index (χ3n) is 2.48. The maximum Gasteiger partial charge on any atom is 0.121 e. The third-order valence-corrected chi connectivity index (χ3v) is 2.48. The maximum atomic E-state index is 5.29. The number of benzene rings is 1. The molecule has 0 saturated heterocycles. The van der Waals surface area contributed by atoms with Crippen LogP contribution in [0.15, 0.2) is 24.8 Å². The topological polar surface area (TPSA) is 12.5 Å². The van der Waals surface area contributed by atoms with Crippen molar-refractivity contribution in [2.45, 2.75) is 20.8 Å². The lowest BCUT2D eigenvalue weighted by Crippen LogP contribution is -2.30. The molecule has 1 rings (SSSR count). The first-order chi connectivity index (χ1) is 8.63. The van der Waals surface area contributed by atoms with Crippen LogP contribution in [-0.2, 0) is 0 Å². The van der Waals surface area contributed by atoms with E-state index in [1.165, 1.54) is 5.22 Å². The third kappa shape index (κ3) is 3.95. The Kier molecular flexibility index (Phi) is 7.61. The van der Waals surface area contributed by atoms with Gasteiger partial charge in [0, 0.05) is 31.1 Å². The Labute approximate surface area is 111 Å². The van der Waals surface area contributed by atoms with Gasteiger partial charge in [0.25, 0.3) is 0 Å². The number of hydrogen-bond donors (Lipinski definition) is 0. The number of allylic oxidation sites excluding steroid dienone is 1. The smallest absolute Gasteiger partial charge is 0.121 e. The van der Waals surface area contributed by atoms with Crippen molar-refractivity contribution < 1.29 is 4.74 Å². The summed E-state index contributed by atoms with van der Waals surface area (Å²) in [6.45, 7) is 9.78. The van der Waals surface area contributed by atoms with Crippen molar-refractivity contribution in [1.29, 1.82) is 0 Å². The highest BCUT2D eigenvalue weighted by Gasteiger charge is 2.02. The van der Waals surface area contributed by atoms with Gasteiger partial charge in [0.2, 0.25) is 0 Å². The van der Waals surface area contributed by atoms with E-state index in [4.69, 9.17) is 4.74 Å². The minimum absolute atomic E-state index is 0.873. The number of anilines is 1. The van der Waals surface area contributed by atoms with Crippen molar-refractivity contribution in [3.05, 3.63) is 35.2 Å². The molecule has 0 atom stereocenters. The van der Waals surface area contributed by atoms with Crippen LogP contribution in [-0.4, -0.2) is 21.2 Å². The molecule has 100 valence electrons. The van der Waals surface area contributed by atoms with E-state index in [9.17, 15) is 0 Å². The van der Waals surface area contributed by atoms with E-state index in [-0.39, 0.29) is 0 Å². The minimum Gasteiger partial charge on any atom is -0.497 e. The summed E-state index contributed by atoms with van der Waals surface area (Å²) in [7, 11) is 5.73. The molecule has 2 heteroatoms. The molecule has 1 aromatic rings. The first-order valence-corrected chi connectivity index (χ1v) is 6.28. The Bertz CT molecular complexity index is 487. The van der Waals surface area contributed by atoms with Gasteiger partial charge in [-0.1, -0.05) is 38.7 Å². The molecule has 0 unspecified atom stereocenters. The number of ether oxygens (including phenoxy) is 1. The van der Waals surface area contributed by atoms with E-state index in [0.717, 1.165) is 16.7 Å². The van der Waals surface area contributed by atoms with Crippen molar-refractivity contribution in [3.63, 3.8) is 0 Å². The molecule has 0 amide bonds. The van der Waals surface area contributed by atoms with Crippen molar-refractivity contribution in [1.82, 2.24) is 0 Å². The summed E-state index contributed by atoms with van der Waals surface area (Å²) in [4.78, 5) is 2.07. The lowest BCUT2D eigenvalue weighted by atomic mass is 10.1. The highest BCUT2D eigenvalue weighted by molar-refractivity contribution is 5.57. The van der Waals surface area contributed by atoms with Gasteiger partial charge in [0.05, 0.1) is 7.11 Å². The summed E-state index contributed by atoms with van der Waals surface area (Å²) < 4.78 is 5.29. The van der Waals surface area contributed by atoms with Crippen LogP contribution in [0, 0.1) is 0 Å². The molecule has 18 heavy (non-hydrogen) atoms. The van der Waals surface area contributed by atoms with Crippen LogP contribution in [0.3, 0.4) is 0 Å². The van der Waals surface area contributed by atoms with Crippen LogP contribution in [0.2, 0.25) is 0 Å². The second-order valence-electron chi connectivity index (χ2n) is 3.73. The second-order valence-corrected chi connectivity index (χ2v) is 3.73. The van der Waals surface area contributed by atoms with Gasteiger partial charge in [-0.15, -0.1) is 0 Å². The lowest BCUT2D eigenvalue weighted by Gasteiger charge is -2.15. The van der Waals surface area contributed by atoms with Crippen LogP contribution in [0.5, 0.6) is 5.75 Å².